The number of nitrogens with one attached hydrogen (secondary N) is 1. The highest BCUT2D eigenvalue weighted by atomic mass is 16.3. The Labute approximate surface area is 92.3 Å². The maximum atomic E-state index is 8.98. The van der Waals surface area contributed by atoms with E-state index in [1.165, 1.54) is 5.56 Å². The zero-order valence-corrected chi connectivity index (χ0v) is 9.61. The van der Waals surface area contributed by atoms with Crippen molar-refractivity contribution in [3.8, 4) is 0 Å². The number of benzene rings is 1. The molecule has 0 aromatic heterocycles. The summed E-state index contributed by atoms with van der Waals surface area (Å²) in [7, 11) is 0. The second kappa shape index (κ2) is 6.59. The van der Waals surface area contributed by atoms with Crippen LogP contribution in [0.25, 0.3) is 0 Å². The summed E-state index contributed by atoms with van der Waals surface area (Å²) in [5, 5.41) is 12.4. The van der Waals surface area contributed by atoms with Crippen LogP contribution in [0, 0.1) is 0 Å². The minimum atomic E-state index is 0.179. The fourth-order valence-corrected chi connectivity index (χ4v) is 1.67. The Balaban J connectivity index is 2.47. The fourth-order valence-electron chi connectivity index (χ4n) is 1.67. The summed E-state index contributed by atoms with van der Waals surface area (Å²) >= 11 is 0. The van der Waals surface area contributed by atoms with Crippen LogP contribution < -0.4 is 5.32 Å². The monoisotopic (exact) mass is 207 g/mol. The van der Waals surface area contributed by atoms with E-state index in [1.54, 1.807) is 0 Å². The summed E-state index contributed by atoms with van der Waals surface area (Å²) in [6.45, 7) is 4.38. The summed E-state index contributed by atoms with van der Waals surface area (Å²) in [5.41, 5.74) is 1.35. The van der Waals surface area contributed by atoms with Crippen molar-refractivity contribution in [3.05, 3.63) is 35.9 Å². The van der Waals surface area contributed by atoms with Gasteiger partial charge in [0.2, 0.25) is 0 Å². The Kier molecular flexibility index (Phi) is 5.37. The quantitative estimate of drug-likeness (QED) is 0.747. The van der Waals surface area contributed by atoms with Crippen LogP contribution in [0.3, 0.4) is 0 Å². The third-order valence-electron chi connectivity index (χ3n) is 2.61. The first-order valence-electron chi connectivity index (χ1n) is 5.67. The van der Waals surface area contributed by atoms with Crippen LogP contribution >= 0.6 is 0 Å². The van der Waals surface area contributed by atoms with Crippen molar-refractivity contribution < 1.29 is 5.11 Å². The number of aliphatic hydroxyl groups excluding tert-OH is 1. The summed E-state index contributed by atoms with van der Waals surface area (Å²) in [5.74, 6) is 0. The van der Waals surface area contributed by atoms with Gasteiger partial charge in [0.1, 0.15) is 0 Å². The van der Waals surface area contributed by atoms with Gasteiger partial charge < -0.3 is 10.4 Å². The smallest absolute Gasteiger partial charge is 0.0582 e. The van der Waals surface area contributed by atoms with Gasteiger partial charge in [0.25, 0.3) is 0 Å². The van der Waals surface area contributed by atoms with Gasteiger partial charge in [0.15, 0.2) is 0 Å². The van der Waals surface area contributed by atoms with Gasteiger partial charge in [-0.1, -0.05) is 37.3 Å². The van der Waals surface area contributed by atoms with Crippen LogP contribution in [0.15, 0.2) is 30.3 Å². The van der Waals surface area contributed by atoms with Crippen molar-refractivity contribution >= 4 is 0 Å². The molecule has 0 saturated heterocycles. The molecule has 2 heteroatoms. The molecular formula is C13H21NO. The van der Waals surface area contributed by atoms with E-state index in [1.807, 2.05) is 13.0 Å². The molecule has 2 atom stereocenters. The lowest BCUT2D eigenvalue weighted by atomic mass is 10.0. The normalized spacial score (nSPS) is 14.9. The molecule has 0 saturated carbocycles. The first-order chi connectivity index (χ1) is 7.26. The van der Waals surface area contributed by atoms with Crippen LogP contribution in [0.5, 0.6) is 0 Å². The van der Waals surface area contributed by atoms with Gasteiger partial charge in [0.05, 0.1) is 6.61 Å². The van der Waals surface area contributed by atoms with Gasteiger partial charge in [0, 0.05) is 12.1 Å². The minimum absolute atomic E-state index is 0.179. The molecule has 2 N–H and O–H groups in total. The van der Waals surface area contributed by atoms with Crippen LogP contribution in [0.4, 0.5) is 0 Å². The highest BCUT2D eigenvalue weighted by molar-refractivity contribution is 5.15. The highest BCUT2D eigenvalue weighted by Gasteiger charge is 2.09. The molecule has 0 fully saturated rings. The van der Waals surface area contributed by atoms with E-state index in [0.717, 1.165) is 12.8 Å². The van der Waals surface area contributed by atoms with Crippen LogP contribution in [-0.2, 0) is 6.42 Å². The third-order valence-corrected chi connectivity index (χ3v) is 2.61. The van der Waals surface area contributed by atoms with E-state index in [-0.39, 0.29) is 12.6 Å². The van der Waals surface area contributed by atoms with Crippen LogP contribution in [0.1, 0.15) is 25.8 Å². The Bertz CT molecular complexity index is 260. The predicted molar refractivity (Wildman–Crippen MR) is 63.9 cm³/mol. The van der Waals surface area contributed by atoms with Gasteiger partial charge >= 0.3 is 0 Å². The van der Waals surface area contributed by atoms with Gasteiger partial charge in [-0.3, -0.25) is 0 Å². The molecule has 0 heterocycles. The lowest BCUT2D eigenvalue weighted by molar-refractivity contribution is 0.239. The van der Waals surface area contributed by atoms with Crippen molar-refractivity contribution in [1.82, 2.24) is 5.32 Å². The van der Waals surface area contributed by atoms with Gasteiger partial charge in [-0.15, -0.1) is 0 Å². The van der Waals surface area contributed by atoms with Gasteiger partial charge in [-0.25, -0.2) is 0 Å². The van der Waals surface area contributed by atoms with Crippen molar-refractivity contribution in [2.24, 2.45) is 0 Å². The molecule has 15 heavy (non-hydrogen) atoms. The summed E-state index contributed by atoms with van der Waals surface area (Å²) in [4.78, 5) is 0. The molecule has 0 amide bonds. The van der Waals surface area contributed by atoms with E-state index in [9.17, 15) is 0 Å². The minimum Gasteiger partial charge on any atom is -0.395 e. The molecule has 0 aliphatic carbocycles. The second-order valence-electron chi connectivity index (χ2n) is 4.05. The lowest BCUT2D eigenvalue weighted by Gasteiger charge is -2.21. The Morgan fingerprint density at radius 2 is 1.93 bits per heavy atom. The van der Waals surface area contributed by atoms with Crippen LogP contribution in [-0.4, -0.2) is 23.8 Å². The first-order valence-corrected chi connectivity index (χ1v) is 5.67. The predicted octanol–water partition coefficient (Wildman–Crippen LogP) is 1.98. The molecule has 0 unspecified atom stereocenters. The van der Waals surface area contributed by atoms with Crippen molar-refractivity contribution in [2.75, 3.05) is 6.61 Å². The topological polar surface area (TPSA) is 32.3 Å². The molecule has 0 aliphatic heterocycles. The number of aliphatic hydroxyl groups is 1. The average molecular weight is 207 g/mol. The van der Waals surface area contributed by atoms with E-state index >= 15 is 0 Å². The van der Waals surface area contributed by atoms with Crippen molar-refractivity contribution in [2.45, 2.75) is 38.8 Å². The summed E-state index contributed by atoms with van der Waals surface area (Å²) in [6.07, 6.45) is 2.11. The number of hydrogen-bond acceptors (Lipinski definition) is 2. The third kappa shape index (κ3) is 4.45. The van der Waals surface area contributed by atoms with Gasteiger partial charge in [-0.2, -0.15) is 0 Å². The lowest BCUT2D eigenvalue weighted by Crippen LogP contribution is -2.39. The molecule has 84 valence electrons. The van der Waals surface area contributed by atoms with E-state index in [0.29, 0.717) is 6.04 Å². The van der Waals surface area contributed by atoms with Crippen LogP contribution in [0.2, 0.25) is 0 Å². The summed E-state index contributed by atoms with van der Waals surface area (Å²) < 4.78 is 0. The zero-order chi connectivity index (χ0) is 11.1. The molecular weight excluding hydrogens is 186 g/mol. The molecule has 1 aromatic carbocycles. The molecule has 1 aromatic rings. The zero-order valence-electron chi connectivity index (χ0n) is 9.61. The fraction of sp³-hybridized carbons (Fsp3) is 0.538. The number of hydrogen-bond donors (Lipinski definition) is 2. The van der Waals surface area contributed by atoms with E-state index in [2.05, 4.69) is 36.5 Å². The average Bonchev–Trinajstić information content (AvgIpc) is 2.29. The van der Waals surface area contributed by atoms with E-state index in [4.69, 9.17) is 5.11 Å². The maximum absolute atomic E-state index is 8.98. The molecule has 1 rings (SSSR count). The standard InChI is InChI=1S/C13H21NO/c1-3-13(14-11(2)10-15)9-12-7-5-4-6-8-12/h4-8,11,13-15H,3,9-10H2,1-2H3/t11-,13+/m1/s1. The van der Waals surface area contributed by atoms with Crippen molar-refractivity contribution in [1.29, 1.82) is 0 Å². The maximum Gasteiger partial charge on any atom is 0.0582 e. The van der Waals surface area contributed by atoms with E-state index < -0.39 is 0 Å². The Morgan fingerprint density at radius 3 is 2.47 bits per heavy atom. The Hall–Kier alpha value is -0.860. The van der Waals surface area contributed by atoms with Crippen molar-refractivity contribution in [3.63, 3.8) is 0 Å². The molecule has 0 spiro atoms. The summed E-state index contributed by atoms with van der Waals surface area (Å²) in [6, 6.07) is 11.1. The molecule has 0 aliphatic rings. The largest absolute Gasteiger partial charge is 0.395 e. The second-order valence-corrected chi connectivity index (χ2v) is 4.05. The number of rotatable bonds is 6. The van der Waals surface area contributed by atoms with Gasteiger partial charge in [-0.05, 0) is 25.3 Å². The SMILES string of the molecule is CC[C@@H](Cc1ccccc1)N[C@H](C)CO. The first kappa shape index (κ1) is 12.2. The Morgan fingerprint density at radius 1 is 1.27 bits per heavy atom. The molecule has 0 radical (unpaired) electrons. The molecule has 2 nitrogen and oxygen atoms in total. The molecule has 0 bridgehead atoms. The highest BCUT2D eigenvalue weighted by Crippen LogP contribution is 2.06.